The molecule has 6 nitrogen and oxygen atoms in total. The van der Waals surface area contributed by atoms with Gasteiger partial charge >= 0.3 is 0 Å². The first kappa shape index (κ1) is 18.3. The van der Waals surface area contributed by atoms with E-state index in [0.29, 0.717) is 18.8 Å². The summed E-state index contributed by atoms with van der Waals surface area (Å²) in [6.45, 7) is 2.98. The Bertz CT molecular complexity index is 1010. The summed E-state index contributed by atoms with van der Waals surface area (Å²) in [4.78, 5) is 30.0. The van der Waals surface area contributed by atoms with Crippen LogP contribution in [0.1, 0.15) is 34.7 Å². The molecule has 2 amide bonds. The van der Waals surface area contributed by atoms with Crippen molar-refractivity contribution in [1.82, 2.24) is 15.2 Å². The minimum Gasteiger partial charge on any atom is -0.459 e. The van der Waals surface area contributed by atoms with Gasteiger partial charge in [0.05, 0.1) is 12.7 Å². The van der Waals surface area contributed by atoms with Gasteiger partial charge in [-0.05, 0) is 55.7 Å². The molecular formula is C21H22FN3O3. The molecule has 2 aromatic heterocycles. The third-order valence-corrected chi connectivity index (χ3v) is 5.22. The van der Waals surface area contributed by atoms with Crippen LogP contribution in [0.2, 0.25) is 0 Å². The van der Waals surface area contributed by atoms with Gasteiger partial charge < -0.3 is 19.6 Å². The van der Waals surface area contributed by atoms with Crippen LogP contribution in [0.3, 0.4) is 0 Å². The van der Waals surface area contributed by atoms with E-state index in [1.807, 2.05) is 6.92 Å². The van der Waals surface area contributed by atoms with E-state index in [4.69, 9.17) is 4.42 Å². The average Bonchev–Trinajstić information content (AvgIpc) is 3.31. The molecule has 0 aliphatic carbocycles. The maximum absolute atomic E-state index is 13.6. The summed E-state index contributed by atoms with van der Waals surface area (Å²) in [6, 6.07) is 7.74. The molecule has 1 fully saturated rings. The predicted molar refractivity (Wildman–Crippen MR) is 102 cm³/mol. The fourth-order valence-corrected chi connectivity index (χ4v) is 3.86. The Labute approximate surface area is 161 Å². The number of aryl methyl sites for hydroxylation is 1. The Morgan fingerprint density at radius 3 is 3.00 bits per heavy atom. The number of nitrogens with zero attached hydrogens (tertiary/aromatic N) is 1. The van der Waals surface area contributed by atoms with Gasteiger partial charge in [-0.25, -0.2) is 4.39 Å². The number of aromatic nitrogens is 1. The van der Waals surface area contributed by atoms with Crippen LogP contribution in [0.15, 0.2) is 41.0 Å². The lowest BCUT2D eigenvalue weighted by Gasteiger charge is -2.32. The lowest BCUT2D eigenvalue weighted by molar-refractivity contribution is -0.121. The van der Waals surface area contributed by atoms with Crippen LogP contribution in [0.25, 0.3) is 10.9 Å². The van der Waals surface area contributed by atoms with E-state index in [9.17, 15) is 14.0 Å². The second-order valence-corrected chi connectivity index (χ2v) is 7.23. The summed E-state index contributed by atoms with van der Waals surface area (Å²) >= 11 is 0. The number of amides is 2. The smallest absolute Gasteiger partial charge is 0.289 e. The first-order valence-electron chi connectivity index (χ1n) is 9.40. The number of hydrogen-bond acceptors (Lipinski definition) is 3. The van der Waals surface area contributed by atoms with E-state index < -0.39 is 0 Å². The van der Waals surface area contributed by atoms with Gasteiger partial charge in [0, 0.05) is 35.7 Å². The molecule has 1 aromatic carbocycles. The number of halogens is 1. The number of aromatic amines is 1. The highest BCUT2D eigenvalue weighted by Crippen LogP contribution is 2.24. The fraction of sp³-hybridized carbons (Fsp3) is 0.333. The van der Waals surface area contributed by atoms with Crippen LogP contribution < -0.4 is 5.32 Å². The summed E-state index contributed by atoms with van der Waals surface area (Å²) in [5.74, 6) is -0.312. The molecule has 1 aliphatic rings. The zero-order valence-corrected chi connectivity index (χ0v) is 15.6. The van der Waals surface area contributed by atoms with E-state index in [2.05, 4.69) is 10.3 Å². The summed E-state index contributed by atoms with van der Waals surface area (Å²) in [6.07, 6.45) is 3.27. The number of carbonyl (C=O) groups is 2. The molecule has 7 heteroatoms. The van der Waals surface area contributed by atoms with Gasteiger partial charge in [0.2, 0.25) is 5.91 Å². The van der Waals surface area contributed by atoms with Crippen molar-refractivity contribution >= 4 is 22.7 Å². The molecular weight excluding hydrogens is 361 g/mol. The van der Waals surface area contributed by atoms with Crippen LogP contribution in [-0.2, 0) is 11.2 Å². The van der Waals surface area contributed by atoms with Crippen molar-refractivity contribution < 1.29 is 18.4 Å². The summed E-state index contributed by atoms with van der Waals surface area (Å²) in [7, 11) is 0. The molecule has 0 bridgehead atoms. The molecule has 1 unspecified atom stereocenters. The second-order valence-electron chi connectivity index (χ2n) is 7.23. The molecule has 0 spiro atoms. The molecule has 2 N–H and O–H groups in total. The average molecular weight is 383 g/mol. The molecule has 1 atom stereocenters. The standard InChI is InChI=1S/C21H22FN3O3/c1-13-16(17-10-14(22)6-7-18(17)23-13)11-20(26)24-15-4-2-8-25(12-15)21(27)19-5-3-9-28-19/h3,5-7,9-10,15,23H,2,4,8,11-12H2,1H3,(H,24,26). The summed E-state index contributed by atoms with van der Waals surface area (Å²) in [5.41, 5.74) is 2.47. The predicted octanol–water partition coefficient (Wildman–Crippen LogP) is 3.17. The number of fused-ring (bicyclic) bond motifs is 1. The highest BCUT2D eigenvalue weighted by molar-refractivity contribution is 5.92. The number of nitrogens with one attached hydrogen (secondary N) is 2. The number of benzene rings is 1. The van der Waals surface area contributed by atoms with Crippen LogP contribution in [-0.4, -0.2) is 40.8 Å². The van der Waals surface area contributed by atoms with Crippen LogP contribution >= 0.6 is 0 Å². The summed E-state index contributed by atoms with van der Waals surface area (Å²) in [5, 5.41) is 3.75. The van der Waals surface area contributed by atoms with Gasteiger partial charge in [0.15, 0.2) is 5.76 Å². The van der Waals surface area contributed by atoms with Crippen molar-refractivity contribution in [2.45, 2.75) is 32.2 Å². The first-order valence-corrected chi connectivity index (χ1v) is 9.40. The quantitative estimate of drug-likeness (QED) is 0.726. The maximum atomic E-state index is 13.6. The SMILES string of the molecule is Cc1[nH]c2ccc(F)cc2c1CC(=O)NC1CCCN(C(=O)c2ccco2)C1. The van der Waals surface area contributed by atoms with Gasteiger partial charge in [-0.1, -0.05) is 0 Å². The third-order valence-electron chi connectivity index (χ3n) is 5.22. The van der Waals surface area contributed by atoms with Crippen LogP contribution in [0.4, 0.5) is 4.39 Å². The zero-order chi connectivity index (χ0) is 19.7. The van der Waals surface area contributed by atoms with Crippen molar-refractivity contribution in [3.8, 4) is 0 Å². The van der Waals surface area contributed by atoms with Gasteiger partial charge in [-0.15, -0.1) is 0 Å². The largest absolute Gasteiger partial charge is 0.459 e. The van der Waals surface area contributed by atoms with Gasteiger partial charge in [-0.2, -0.15) is 0 Å². The van der Waals surface area contributed by atoms with E-state index in [1.54, 1.807) is 23.1 Å². The van der Waals surface area contributed by atoms with E-state index in [-0.39, 0.29) is 30.1 Å². The van der Waals surface area contributed by atoms with Crippen molar-refractivity contribution in [1.29, 1.82) is 0 Å². The number of piperidine rings is 1. The number of H-pyrrole nitrogens is 1. The molecule has 3 aromatic rings. The molecule has 3 heterocycles. The van der Waals surface area contributed by atoms with Crippen molar-refractivity contribution in [3.63, 3.8) is 0 Å². The summed E-state index contributed by atoms with van der Waals surface area (Å²) < 4.78 is 18.8. The number of hydrogen-bond donors (Lipinski definition) is 2. The van der Waals surface area contributed by atoms with E-state index in [1.165, 1.54) is 18.4 Å². The Kier molecular flexibility index (Phi) is 4.90. The van der Waals surface area contributed by atoms with Crippen molar-refractivity contribution in [2.75, 3.05) is 13.1 Å². The minimum atomic E-state index is -0.326. The highest BCUT2D eigenvalue weighted by Gasteiger charge is 2.27. The van der Waals surface area contributed by atoms with Gasteiger partial charge in [0.25, 0.3) is 5.91 Å². The minimum absolute atomic E-state index is 0.109. The van der Waals surface area contributed by atoms with Gasteiger partial charge in [-0.3, -0.25) is 9.59 Å². The normalized spacial score (nSPS) is 17.1. The Morgan fingerprint density at radius 1 is 1.36 bits per heavy atom. The van der Waals surface area contributed by atoms with Gasteiger partial charge in [0.1, 0.15) is 5.82 Å². The molecule has 4 rings (SSSR count). The first-order chi connectivity index (χ1) is 13.5. The number of carbonyl (C=O) groups excluding carboxylic acids is 2. The maximum Gasteiger partial charge on any atom is 0.289 e. The number of rotatable bonds is 4. The molecule has 0 saturated carbocycles. The van der Waals surface area contributed by atoms with Crippen molar-refractivity contribution in [3.05, 3.63) is 59.4 Å². The third kappa shape index (κ3) is 3.65. The molecule has 1 aliphatic heterocycles. The zero-order valence-electron chi connectivity index (χ0n) is 15.6. The van der Waals surface area contributed by atoms with Crippen molar-refractivity contribution in [2.24, 2.45) is 0 Å². The monoisotopic (exact) mass is 383 g/mol. The Hall–Kier alpha value is -3.09. The lowest BCUT2D eigenvalue weighted by atomic mass is 10.0. The van der Waals surface area contributed by atoms with Crippen LogP contribution in [0, 0.1) is 12.7 Å². The Morgan fingerprint density at radius 2 is 2.21 bits per heavy atom. The number of likely N-dealkylation sites (tertiary alicyclic amines) is 1. The molecule has 1 saturated heterocycles. The van der Waals surface area contributed by atoms with Crippen LogP contribution in [0.5, 0.6) is 0 Å². The topological polar surface area (TPSA) is 78.3 Å². The molecule has 0 radical (unpaired) electrons. The van der Waals surface area contributed by atoms with E-state index >= 15 is 0 Å². The highest BCUT2D eigenvalue weighted by atomic mass is 19.1. The fourth-order valence-electron chi connectivity index (χ4n) is 3.86. The Balaban J connectivity index is 1.42. The van der Waals surface area contributed by atoms with E-state index in [0.717, 1.165) is 35.0 Å². The number of furan rings is 1. The lowest BCUT2D eigenvalue weighted by Crippen LogP contribution is -2.49. The molecule has 146 valence electrons. The molecule has 28 heavy (non-hydrogen) atoms. The second kappa shape index (κ2) is 7.50.